The predicted molar refractivity (Wildman–Crippen MR) is 123 cm³/mol. The number of morpholine rings is 1. The van der Waals surface area contributed by atoms with Gasteiger partial charge in [-0.25, -0.2) is 4.99 Å². The second-order valence-electron chi connectivity index (χ2n) is 7.64. The molecule has 8 heteroatoms. The molecule has 4 rings (SSSR count). The molecule has 0 bridgehead atoms. The Hall–Kier alpha value is -2.77. The molecule has 0 amide bonds. The van der Waals surface area contributed by atoms with Crippen LogP contribution in [-0.2, 0) is 4.74 Å². The van der Waals surface area contributed by atoms with Crippen LogP contribution in [0.15, 0.2) is 58.5 Å². The summed E-state index contributed by atoms with van der Waals surface area (Å²) in [7, 11) is 0. The summed E-state index contributed by atoms with van der Waals surface area (Å²) in [6.45, 7) is 7.19. The van der Waals surface area contributed by atoms with Gasteiger partial charge in [-0.1, -0.05) is 37.6 Å². The lowest BCUT2D eigenvalue weighted by atomic mass is 10.0. The molecule has 3 N–H and O–H groups in total. The Morgan fingerprint density at radius 2 is 1.73 bits per heavy atom. The minimum atomic E-state index is -0.438. The second-order valence-corrected chi connectivity index (χ2v) is 8.08. The van der Waals surface area contributed by atoms with E-state index < -0.39 is 6.29 Å². The van der Waals surface area contributed by atoms with E-state index in [-0.39, 0.29) is 5.96 Å². The van der Waals surface area contributed by atoms with Gasteiger partial charge in [0.25, 0.3) is 0 Å². The fourth-order valence-electron chi connectivity index (χ4n) is 3.53. The lowest BCUT2D eigenvalue weighted by Crippen LogP contribution is -2.57. The smallest absolute Gasteiger partial charge is 0.222 e. The van der Waals surface area contributed by atoms with Crippen LogP contribution in [0.5, 0.6) is 0 Å². The van der Waals surface area contributed by atoms with Crippen molar-refractivity contribution in [1.29, 1.82) is 0 Å². The number of nitrogens with two attached hydrogens (primary N) is 1. The highest BCUT2D eigenvalue weighted by Gasteiger charge is 2.32. The van der Waals surface area contributed by atoms with E-state index in [0.717, 1.165) is 30.4 Å². The molecule has 1 unspecified atom stereocenters. The third-order valence-corrected chi connectivity index (χ3v) is 5.45. The minimum Gasteiger partial charge on any atom is -0.378 e. The zero-order valence-corrected chi connectivity index (χ0v) is 18.0. The maximum Gasteiger partial charge on any atom is 0.222 e. The lowest BCUT2D eigenvalue weighted by Gasteiger charge is -2.41. The Bertz CT molecular complexity index is 920. The number of benzene rings is 2. The maximum absolute atomic E-state index is 6.12. The van der Waals surface area contributed by atoms with Gasteiger partial charge in [0, 0.05) is 29.5 Å². The third kappa shape index (κ3) is 4.52. The number of halogens is 1. The first-order valence-corrected chi connectivity index (χ1v) is 10.5. The number of ether oxygens (including phenoxy) is 1. The van der Waals surface area contributed by atoms with Gasteiger partial charge in [0.2, 0.25) is 18.2 Å². The van der Waals surface area contributed by atoms with Gasteiger partial charge in [-0.3, -0.25) is 4.90 Å². The highest BCUT2D eigenvalue weighted by Crippen LogP contribution is 2.27. The summed E-state index contributed by atoms with van der Waals surface area (Å²) < 4.78 is 5.53. The molecule has 0 aromatic heterocycles. The van der Waals surface area contributed by atoms with Crippen molar-refractivity contribution in [2.24, 2.45) is 15.7 Å². The third-order valence-electron chi connectivity index (χ3n) is 5.20. The molecule has 0 radical (unpaired) electrons. The number of guanidine groups is 2. The highest BCUT2D eigenvalue weighted by atomic mass is 35.5. The molecule has 0 aliphatic carbocycles. The molecule has 7 nitrogen and oxygen atoms in total. The first-order chi connectivity index (χ1) is 14.5. The molecular formula is C22H27ClN6O. The topological polar surface area (TPSA) is 78.5 Å². The standard InChI is InChI=1S/C22H27ClN6O/c1-15(2)16-3-9-19(10-4-16)29-21(25-18-7-5-17(23)6-8-18)26-20(24)27-22(29)28-11-13-30-14-12-28/h3-10,15,21,25H,11-14H2,1-2H3,(H2,24,26). The van der Waals surface area contributed by atoms with Crippen molar-refractivity contribution in [3.63, 3.8) is 0 Å². The van der Waals surface area contributed by atoms with E-state index in [1.165, 1.54) is 5.56 Å². The average Bonchev–Trinajstić information content (AvgIpc) is 2.76. The number of hydrogen-bond donors (Lipinski definition) is 2. The zero-order valence-electron chi connectivity index (χ0n) is 17.3. The number of nitrogens with zero attached hydrogens (tertiary/aromatic N) is 4. The van der Waals surface area contributed by atoms with Crippen LogP contribution < -0.4 is 16.0 Å². The van der Waals surface area contributed by atoms with Crippen LogP contribution in [0, 0.1) is 0 Å². The van der Waals surface area contributed by atoms with E-state index in [2.05, 4.69) is 63.2 Å². The Morgan fingerprint density at radius 3 is 2.37 bits per heavy atom. The van der Waals surface area contributed by atoms with Gasteiger partial charge in [-0.2, -0.15) is 4.99 Å². The van der Waals surface area contributed by atoms with Gasteiger partial charge in [0.15, 0.2) is 0 Å². The lowest BCUT2D eigenvalue weighted by molar-refractivity contribution is 0.0671. The van der Waals surface area contributed by atoms with E-state index >= 15 is 0 Å². The van der Waals surface area contributed by atoms with Gasteiger partial charge < -0.3 is 20.7 Å². The van der Waals surface area contributed by atoms with Gasteiger partial charge in [-0.05, 0) is 47.9 Å². The van der Waals surface area contributed by atoms with Crippen LogP contribution in [0.25, 0.3) is 0 Å². The summed E-state index contributed by atoms with van der Waals surface area (Å²) in [6, 6.07) is 16.1. The van der Waals surface area contributed by atoms with Crippen molar-refractivity contribution in [3.8, 4) is 0 Å². The molecule has 2 heterocycles. The molecule has 2 aromatic carbocycles. The van der Waals surface area contributed by atoms with E-state index in [4.69, 9.17) is 22.1 Å². The first-order valence-electron chi connectivity index (χ1n) is 10.2. The quantitative estimate of drug-likeness (QED) is 0.779. The maximum atomic E-state index is 6.12. The Labute approximate surface area is 182 Å². The number of aliphatic imine (C=N–C) groups is 2. The van der Waals surface area contributed by atoms with E-state index in [0.29, 0.717) is 24.2 Å². The summed E-state index contributed by atoms with van der Waals surface area (Å²) in [5, 5.41) is 4.14. The van der Waals surface area contributed by atoms with Crippen molar-refractivity contribution in [2.75, 3.05) is 36.5 Å². The summed E-state index contributed by atoms with van der Waals surface area (Å²) in [6.07, 6.45) is -0.438. The van der Waals surface area contributed by atoms with Crippen LogP contribution in [0.2, 0.25) is 5.02 Å². The van der Waals surface area contributed by atoms with Crippen LogP contribution >= 0.6 is 11.6 Å². The Balaban J connectivity index is 1.70. The van der Waals surface area contributed by atoms with Crippen LogP contribution in [-0.4, -0.2) is 49.4 Å². The molecule has 1 atom stereocenters. The Kier molecular flexibility index (Phi) is 6.11. The average molecular weight is 427 g/mol. The van der Waals surface area contributed by atoms with Crippen molar-refractivity contribution < 1.29 is 4.74 Å². The molecule has 2 aromatic rings. The summed E-state index contributed by atoms with van der Waals surface area (Å²) in [5.41, 5.74) is 9.29. The number of hydrogen-bond acceptors (Lipinski definition) is 7. The zero-order chi connectivity index (χ0) is 21.1. The molecule has 0 saturated carbocycles. The van der Waals surface area contributed by atoms with Crippen molar-refractivity contribution >= 4 is 34.9 Å². The number of rotatable bonds is 4. The second kappa shape index (κ2) is 8.93. The number of nitrogens with one attached hydrogen (secondary N) is 1. The molecule has 0 spiro atoms. The summed E-state index contributed by atoms with van der Waals surface area (Å²) in [5.74, 6) is 1.48. The molecule has 1 saturated heterocycles. The predicted octanol–water partition coefficient (Wildman–Crippen LogP) is 3.68. The van der Waals surface area contributed by atoms with Gasteiger partial charge in [0.1, 0.15) is 0 Å². The van der Waals surface area contributed by atoms with Crippen molar-refractivity contribution in [2.45, 2.75) is 26.1 Å². The van der Waals surface area contributed by atoms with Crippen molar-refractivity contribution in [1.82, 2.24) is 4.90 Å². The fraction of sp³-hybridized carbons (Fsp3) is 0.364. The largest absolute Gasteiger partial charge is 0.378 e. The molecule has 158 valence electrons. The molecule has 2 aliphatic rings. The van der Waals surface area contributed by atoms with Crippen LogP contribution in [0.4, 0.5) is 11.4 Å². The van der Waals surface area contributed by atoms with E-state index in [9.17, 15) is 0 Å². The minimum absolute atomic E-state index is 0.248. The molecule has 1 fully saturated rings. The van der Waals surface area contributed by atoms with Gasteiger partial charge in [0.05, 0.1) is 13.2 Å². The molecule has 2 aliphatic heterocycles. The summed E-state index contributed by atoms with van der Waals surface area (Å²) >= 11 is 6.04. The van der Waals surface area contributed by atoms with Crippen LogP contribution in [0.3, 0.4) is 0 Å². The Morgan fingerprint density at radius 1 is 1.07 bits per heavy atom. The fourth-order valence-corrected chi connectivity index (χ4v) is 3.66. The SMILES string of the molecule is CC(C)c1ccc(N2C(N3CCOCC3)=NC(N)=NC2Nc2ccc(Cl)cc2)cc1. The molecular weight excluding hydrogens is 400 g/mol. The first kappa shape index (κ1) is 20.5. The van der Waals surface area contributed by atoms with Gasteiger partial charge in [-0.15, -0.1) is 0 Å². The number of anilines is 2. The molecule has 30 heavy (non-hydrogen) atoms. The van der Waals surface area contributed by atoms with Crippen molar-refractivity contribution in [3.05, 3.63) is 59.1 Å². The van der Waals surface area contributed by atoms with Crippen LogP contribution in [0.1, 0.15) is 25.3 Å². The van der Waals surface area contributed by atoms with E-state index in [1.807, 2.05) is 24.3 Å². The normalized spacial score (nSPS) is 19.5. The van der Waals surface area contributed by atoms with E-state index in [1.54, 1.807) is 0 Å². The monoisotopic (exact) mass is 426 g/mol. The van der Waals surface area contributed by atoms with Gasteiger partial charge >= 0.3 is 0 Å². The highest BCUT2D eigenvalue weighted by molar-refractivity contribution is 6.30. The summed E-state index contributed by atoms with van der Waals surface area (Å²) in [4.78, 5) is 13.5.